The van der Waals surface area contributed by atoms with Crippen LogP contribution in [0.4, 0.5) is 0 Å². The first-order valence-corrected chi connectivity index (χ1v) is 8.81. The van der Waals surface area contributed by atoms with Crippen molar-refractivity contribution in [3.63, 3.8) is 0 Å². The molecule has 0 heterocycles. The third-order valence-electron chi connectivity index (χ3n) is 3.85. The summed E-state index contributed by atoms with van der Waals surface area (Å²) in [6.45, 7) is 4.52. The number of rotatable bonds is 9. The lowest BCUT2D eigenvalue weighted by Gasteiger charge is -2.13. The van der Waals surface area contributed by atoms with E-state index in [4.69, 9.17) is 9.47 Å². The number of aryl methyl sites for hydroxylation is 1. The summed E-state index contributed by atoms with van der Waals surface area (Å²) < 4.78 is 11.4. The van der Waals surface area contributed by atoms with Crippen LogP contribution in [0.25, 0.3) is 0 Å². The first-order chi connectivity index (χ1) is 12.6. The number of benzene rings is 2. The zero-order chi connectivity index (χ0) is 18.8. The van der Waals surface area contributed by atoms with Crippen molar-refractivity contribution in [2.75, 3.05) is 7.11 Å². The minimum atomic E-state index is -0.0896. The third-order valence-corrected chi connectivity index (χ3v) is 3.85. The van der Waals surface area contributed by atoms with E-state index in [-0.39, 0.29) is 5.91 Å². The molecule has 5 heteroatoms. The summed E-state index contributed by atoms with van der Waals surface area (Å²) in [4.78, 5) is 11.7. The number of ether oxygens (including phenoxy) is 2. The monoisotopic (exact) mass is 354 g/mol. The van der Waals surface area contributed by atoms with Crippen molar-refractivity contribution >= 4 is 12.1 Å². The van der Waals surface area contributed by atoms with E-state index >= 15 is 0 Å². The third kappa shape index (κ3) is 5.92. The predicted molar refractivity (Wildman–Crippen MR) is 104 cm³/mol. The van der Waals surface area contributed by atoms with Crippen LogP contribution in [0.2, 0.25) is 0 Å². The van der Waals surface area contributed by atoms with Gasteiger partial charge < -0.3 is 9.47 Å². The maximum absolute atomic E-state index is 11.7. The average Bonchev–Trinajstić information content (AvgIpc) is 2.65. The van der Waals surface area contributed by atoms with E-state index < -0.39 is 0 Å². The molecule has 0 aliphatic heterocycles. The summed E-state index contributed by atoms with van der Waals surface area (Å²) in [6, 6.07) is 13.7. The second kappa shape index (κ2) is 10.2. The predicted octanol–water partition coefficient (Wildman–Crippen LogP) is 4.22. The van der Waals surface area contributed by atoms with Crippen LogP contribution < -0.4 is 14.9 Å². The Hall–Kier alpha value is -2.82. The van der Waals surface area contributed by atoms with Crippen molar-refractivity contribution in [1.29, 1.82) is 0 Å². The molecule has 0 aliphatic rings. The molecule has 0 unspecified atom stereocenters. The Morgan fingerprint density at radius 1 is 1.23 bits per heavy atom. The summed E-state index contributed by atoms with van der Waals surface area (Å²) in [5.74, 6) is 1.13. The van der Waals surface area contributed by atoms with Crippen molar-refractivity contribution in [3.05, 3.63) is 59.2 Å². The fourth-order valence-corrected chi connectivity index (χ4v) is 2.47. The molecule has 0 fully saturated rings. The van der Waals surface area contributed by atoms with E-state index in [1.165, 1.54) is 5.56 Å². The lowest BCUT2D eigenvalue weighted by Crippen LogP contribution is -2.16. The van der Waals surface area contributed by atoms with E-state index in [0.29, 0.717) is 24.5 Å². The zero-order valence-corrected chi connectivity index (χ0v) is 15.6. The van der Waals surface area contributed by atoms with Crippen molar-refractivity contribution in [1.82, 2.24) is 5.43 Å². The van der Waals surface area contributed by atoms with Crippen molar-refractivity contribution in [3.8, 4) is 11.5 Å². The first-order valence-electron chi connectivity index (χ1n) is 8.81. The van der Waals surface area contributed by atoms with E-state index in [0.717, 1.165) is 24.0 Å². The van der Waals surface area contributed by atoms with Gasteiger partial charge in [-0.15, -0.1) is 0 Å². The van der Waals surface area contributed by atoms with Gasteiger partial charge in [0.1, 0.15) is 6.61 Å². The molecule has 0 bridgehead atoms. The smallest absolute Gasteiger partial charge is 0.240 e. The molecule has 0 saturated heterocycles. The summed E-state index contributed by atoms with van der Waals surface area (Å²) in [6.07, 6.45) is 3.88. The number of nitrogens with one attached hydrogen (secondary N) is 1. The van der Waals surface area contributed by atoms with Crippen LogP contribution in [0, 0.1) is 6.92 Å². The number of carbonyl (C=O) groups is 1. The quantitative estimate of drug-likeness (QED) is 0.542. The lowest BCUT2D eigenvalue weighted by atomic mass is 10.1. The molecule has 138 valence electrons. The van der Waals surface area contributed by atoms with Gasteiger partial charge in [-0.1, -0.05) is 49.2 Å². The van der Waals surface area contributed by atoms with E-state index in [2.05, 4.69) is 16.6 Å². The van der Waals surface area contributed by atoms with Crippen LogP contribution in [0.1, 0.15) is 42.9 Å². The van der Waals surface area contributed by atoms with Gasteiger partial charge in [-0.05, 0) is 31.0 Å². The van der Waals surface area contributed by atoms with E-state index in [1.807, 2.05) is 50.2 Å². The zero-order valence-electron chi connectivity index (χ0n) is 15.6. The van der Waals surface area contributed by atoms with Gasteiger partial charge in [-0.3, -0.25) is 4.79 Å². The van der Waals surface area contributed by atoms with Gasteiger partial charge in [-0.2, -0.15) is 5.10 Å². The largest absolute Gasteiger partial charge is 0.493 e. The second-order valence-corrected chi connectivity index (χ2v) is 6.05. The number of para-hydroxylation sites is 1. The van der Waals surface area contributed by atoms with Crippen LogP contribution >= 0.6 is 0 Å². The molecule has 5 nitrogen and oxygen atoms in total. The fourth-order valence-electron chi connectivity index (χ4n) is 2.47. The molecule has 26 heavy (non-hydrogen) atoms. The minimum absolute atomic E-state index is 0.0896. The lowest BCUT2D eigenvalue weighted by molar-refractivity contribution is -0.121. The number of amides is 1. The van der Waals surface area contributed by atoms with Crippen molar-refractivity contribution < 1.29 is 14.3 Å². The Labute approximate surface area is 155 Å². The average molecular weight is 354 g/mol. The normalized spacial score (nSPS) is 10.7. The topological polar surface area (TPSA) is 59.9 Å². The van der Waals surface area contributed by atoms with Crippen molar-refractivity contribution in [2.24, 2.45) is 5.10 Å². The number of methoxy groups -OCH3 is 1. The Kier molecular flexibility index (Phi) is 7.68. The Balaban J connectivity index is 2.10. The van der Waals surface area contributed by atoms with Crippen LogP contribution in [0.5, 0.6) is 11.5 Å². The molecule has 1 amide bonds. The van der Waals surface area contributed by atoms with Crippen LogP contribution in [-0.2, 0) is 11.4 Å². The minimum Gasteiger partial charge on any atom is -0.493 e. The molecular formula is C21H26N2O3. The molecule has 0 saturated carbocycles. The van der Waals surface area contributed by atoms with Gasteiger partial charge in [0.15, 0.2) is 11.5 Å². The Morgan fingerprint density at radius 2 is 2.04 bits per heavy atom. The summed E-state index contributed by atoms with van der Waals surface area (Å²) in [5, 5.41) is 4.04. The number of hydrogen-bond donors (Lipinski definition) is 1. The number of hydrazone groups is 1. The maximum Gasteiger partial charge on any atom is 0.240 e. The van der Waals surface area contributed by atoms with Crippen molar-refractivity contribution in [2.45, 2.75) is 39.7 Å². The molecule has 0 radical (unpaired) electrons. The number of carbonyl (C=O) groups excluding carboxylic acids is 1. The van der Waals surface area contributed by atoms with Gasteiger partial charge in [0, 0.05) is 12.0 Å². The van der Waals surface area contributed by atoms with E-state index in [1.54, 1.807) is 13.3 Å². The van der Waals surface area contributed by atoms with Gasteiger partial charge in [0.05, 0.1) is 13.3 Å². The Morgan fingerprint density at radius 3 is 2.77 bits per heavy atom. The van der Waals surface area contributed by atoms with Crippen LogP contribution in [0.3, 0.4) is 0 Å². The number of hydrogen-bond acceptors (Lipinski definition) is 4. The molecule has 2 aromatic carbocycles. The molecule has 0 spiro atoms. The fraction of sp³-hybridized carbons (Fsp3) is 0.333. The second-order valence-electron chi connectivity index (χ2n) is 6.05. The number of nitrogens with zero attached hydrogens (tertiary/aromatic N) is 1. The molecule has 1 N–H and O–H groups in total. The highest BCUT2D eigenvalue weighted by atomic mass is 16.5. The molecule has 2 rings (SSSR count). The highest BCUT2D eigenvalue weighted by molar-refractivity contribution is 5.86. The van der Waals surface area contributed by atoms with Crippen LogP contribution in [0.15, 0.2) is 47.6 Å². The summed E-state index contributed by atoms with van der Waals surface area (Å²) >= 11 is 0. The molecule has 0 aromatic heterocycles. The highest BCUT2D eigenvalue weighted by Gasteiger charge is 2.10. The molecule has 0 aliphatic carbocycles. The molecular weight excluding hydrogens is 328 g/mol. The Bertz CT molecular complexity index is 757. The van der Waals surface area contributed by atoms with E-state index in [9.17, 15) is 4.79 Å². The number of unbranched alkanes of at least 4 members (excludes halogenated alkanes) is 1. The standard InChI is InChI=1S/C21H26N2O3/c1-4-5-12-20(24)23-22-14-18-10-7-11-19(25-3)21(18)26-15-17-9-6-8-16(2)13-17/h6-11,13-14H,4-5,12,15H2,1-3H3,(H,23,24)/b22-14+. The SMILES string of the molecule is CCCCC(=O)N/N=C/c1cccc(OC)c1OCc1cccc(C)c1. The van der Waals surface area contributed by atoms with Gasteiger partial charge in [-0.25, -0.2) is 5.43 Å². The maximum atomic E-state index is 11.7. The first kappa shape index (κ1) is 19.5. The molecule has 2 aromatic rings. The van der Waals surface area contributed by atoms with Gasteiger partial charge in [0.25, 0.3) is 0 Å². The van der Waals surface area contributed by atoms with Crippen LogP contribution in [-0.4, -0.2) is 19.2 Å². The molecule has 0 atom stereocenters. The van der Waals surface area contributed by atoms with Gasteiger partial charge in [0.2, 0.25) is 5.91 Å². The van der Waals surface area contributed by atoms with Gasteiger partial charge >= 0.3 is 0 Å². The summed E-state index contributed by atoms with van der Waals surface area (Å²) in [5.41, 5.74) is 5.55. The highest BCUT2D eigenvalue weighted by Crippen LogP contribution is 2.30. The summed E-state index contributed by atoms with van der Waals surface area (Å²) in [7, 11) is 1.60.